The van der Waals surface area contributed by atoms with Crippen molar-refractivity contribution in [2.45, 2.75) is 6.92 Å². The Morgan fingerprint density at radius 1 is 0.909 bits per heavy atom. The Kier molecular flexibility index (Phi) is 5.28. The number of hydrogen-bond donors (Lipinski definition) is 0. The van der Waals surface area contributed by atoms with Gasteiger partial charge in [-0.05, 0) is 37.3 Å². The molecule has 0 spiro atoms. The van der Waals surface area contributed by atoms with Crippen molar-refractivity contribution in [1.29, 1.82) is 0 Å². The molecule has 0 aliphatic heterocycles. The van der Waals surface area contributed by atoms with E-state index in [0.29, 0.717) is 22.3 Å². The number of carbonyl (C=O) groups excluding carboxylic acids is 1. The number of fused-ring (bicyclic) bond motifs is 3. The molecule has 2 aromatic heterocycles. The molecular formula is C26H20N4O3. The van der Waals surface area contributed by atoms with Crippen LogP contribution in [0.4, 0.5) is 5.69 Å². The minimum atomic E-state index is -0.536. The predicted octanol–water partition coefficient (Wildman–Crippen LogP) is 4.05. The van der Waals surface area contributed by atoms with Gasteiger partial charge in [0.1, 0.15) is 5.56 Å². The number of ether oxygens (including phenoxy) is 1. The SMILES string of the molecule is CCOC(=O)c1c2cccccc2n2c(=O)n(-c3ccccc3)c(=Nc3ccccc3)nc12. The van der Waals surface area contributed by atoms with E-state index in [0.717, 1.165) is 0 Å². The van der Waals surface area contributed by atoms with E-state index < -0.39 is 5.97 Å². The van der Waals surface area contributed by atoms with Crippen LogP contribution in [0, 0.1) is 0 Å². The fourth-order valence-electron chi connectivity index (χ4n) is 3.82. The lowest BCUT2D eigenvalue weighted by atomic mass is 10.2. The molecule has 5 aromatic rings. The first-order chi connectivity index (χ1) is 16.2. The third-order valence-corrected chi connectivity index (χ3v) is 5.23. The highest BCUT2D eigenvalue weighted by atomic mass is 16.5. The van der Waals surface area contributed by atoms with E-state index in [4.69, 9.17) is 9.72 Å². The highest BCUT2D eigenvalue weighted by Crippen LogP contribution is 2.24. The summed E-state index contributed by atoms with van der Waals surface area (Å²) < 4.78 is 8.20. The first-order valence-electron chi connectivity index (χ1n) is 10.6. The largest absolute Gasteiger partial charge is 0.462 e. The van der Waals surface area contributed by atoms with Crippen LogP contribution < -0.4 is 11.3 Å². The van der Waals surface area contributed by atoms with Gasteiger partial charge in [0.15, 0.2) is 5.65 Å². The molecule has 0 saturated carbocycles. The zero-order valence-corrected chi connectivity index (χ0v) is 17.9. The van der Waals surface area contributed by atoms with Gasteiger partial charge in [0.2, 0.25) is 5.62 Å². The van der Waals surface area contributed by atoms with Crippen LogP contribution in [0.1, 0.15) is 17.3 Å². The van der Waals surface area contributed by atoms with Crippen molar-refractivity contribution in [1.82, 2.24) is 14.0 Å². The number of carbonyl (C=O) groups is 1. The van der Waals surface area contributed by atoms with Gasteiger partial charge in [-0.2, -0.15) is 4.98 Å². The summed E-state index contributed by atoms with van der Waals surface area (Å²) in [5, 5.41) is 0.583. The molecule has 0 atom stereocenters. The van der Waals surface area contributed by atoms with E-state index in [1.807, 2.05) is 78.9 Å². The average Bonchev–Trinajstić information content (AvgIpc) is 2.96. The fourth-order valence-corrected chi connectivity index (χ4v) is 3.82. The minimum absolute atomic E-state index is 0.169. The fraction of sp³-hybridized carbons (Fsp3) is 0.0769. The number of nitrogens with zero attached hydrogens (tertiary/aromatic N) is 4. The maximum absolute atomic E-state index is 13.9. The number of aromatic nitrogens is 3. The molecule has 0 aliphatic carbocycles. The standard InChI is InChI=1S/C26H20N4O3/c1-2-33-24(31)22-20-16-10-5-11-17-21(20)30-23(22)28-25(27-18-12-6-3-7-13-18)29(26(30)32)19-14-8-4-9-15-19/h3-17H,2H2,1H3. The summed E-state index contributed by atoms with van der Waals surface area (Å²) in [7, 11) is 0. The Balaban J connectivity index is 1.99. The molecule has 3 aromatic carbocycles. The van der Waals surface area contributed by atoms with Gasteiger partial charge >= 0.3 is 11.7 Å². The van der Waals surface area contributed by atoms with Gasteiger partial charge in [-0.1, -0.05) is 60.7 Å². The number of hydrogen-bond acceptors (Lipinski definition) is 5. The Morgan fingerprint density at radius 2 is 1.55 bits per heavy atom. The number of para-hydroxylation sites is 2. The summed E-state index contributed by atoms with van der Waals surface area (Å²) in [6.07, 6.45) is 0. The molecule has 0 bridgehead atoms. The molecule has 0 saturated heterocycles. The van der Waals surface area contributed by atoms with E-state index in [9.17, 15) is 9.59 Å². The van der Waals surface area contributed by atoms with Crippen molar-refractivity contribution in [2.24, 2.45) is 4.99 Å². The van der Waals surface area contributed by atoms with Crippen LogP contribution in [-0.4, -0.2) is 26.5 Å². The lowest BCUT2D eigenvalue weighted by molar-refractivity contribution is 0.0530. The number of esters is 1. The highest BCUT2D eigenvalue weighted by molar-refractivity contribution is 6.10. The Morgan fingerprint density at radius 3 is 2.24 bits per heavy atom. The molecule has 0 unspecified atom stereocenters. The summed E-state index contributed by atoms with van der Waals surface area (Å²) in [6.45, 7) is 1.95. The van der Waals surface area contributed by atoms with Crippen molar-refractivity contribution in [3.8, 4) is 5.69 Å². The monoisotopic (exact) mass is 436 g/mol. The van der Waals surface area contributed by atoms with Crippen LogP contribution in [0.3, 0.4) is 0 Å². The molecule has 0 amide bonds. The van der Waals surface area contributed by atoms with Crippen molar-refractivity contribution in [3.05, 3.63) is 113 Å². The van der Waals surface area contributed by atoms with E-state index in [1.165, 1.54) is 8.97 Å². The zero-order valence-electron chi connectivity index (χ0n) is 17.9. The van der Waals surface area contributed by atoms with Gasteiger partial charge in [0.05, 0.1) is 23.5 Å². The van der Waals surface area contributed by atoms with Crippen LogP contribution >= 0.6 is 0 Å². The van der Waals surface area contributed by atoms with Crippen LogP contribution in [-0.2, 0) is 4.74 Å². The molecule has 0 aliphatic rings. The predicted molar refractivity (Wildman–Crippen MR) is 126 cm³/mol. The van der Waals surface area contributed by atoms with Crippen molar-refractivity contribution >= 4 is 28.2 Å². The Hall–Kier alpha value is -4.52. The molecule has 5 rings (SSSR count). The van der Waals surface area contributed by atoms with E-state index in [2.05, 4.69) is 4.99 Å². The van der Waals surface area contributed by atoms with Crippen LogP contribution in [0.15, 0.2) is 101 Å². The maximum atomic E-state index is 13.9. The van der Waals surface area contributed by atoms with Crippen molar-refractivity contribution in [2.75, 3.05) is 6.61 Å². The lowest BCUT2D eigenvalue weighted by Crippen LogP contribution is -2.38. The lowest BCUT2D eigenvalue weighted by Gasteiger charge is -2.08. The zero-order chi connectivity index (χ0) is 22.8. The second-order valence-corrected chi connectivity index (χ2v) is 7.28. The normalized spacial score (nSPS) is 11.7. The third-order valence-electron chi connectivity index (χ3n) is 5.23. The summed E-state index contributed by atoms with van der Waals surface area (Å²) in [4.78, 5) is 36.3. The maximum Gasteiger partial charge on any atom is 0.342 e. The quantitative estimate of drug-likeness (QED) is 0.398. The molecular weight excluding hydrogens is 416 g/mol. The van der Waals surface area contributed by atoms with Gasteiger partial charge < -0.3 is 4.74 Å². The van der Waals surface area contributed by atoms with Crippen LogP contribution in [0.5, 0.6) is 0 Å². The van der Waals surface area contributed by atoms with Crippen LogP contribution in [0.25, 0.3) is 22.2 Å². The van der Waals surface area contributed by atoms with E-state index in [-0.39, 0.29) is 29.1 Å². The first kappa shape index (κ1) is 20.4. The molecule has 0 N–H and O–H groups in total. The van der Waals surface area contributed by atoms with E-state index >= 15 is 0 Å². The molecule has 162 valence electrons. The van der Waals surface area contributed by atoms with Gasteiger partial charge in [-0.15, -0.1) is 0 Å². The van der Waals surface area contributed by atoms with Gasteiger partial charge in [0, 0.05) is 5.39 Å². The van der Waals surface area contributed by atoms with E-state index in [1.54, 1.807) is 19.1 Å². The summed E-state index contributed by atoms with van der Waals surface area (Å²) >= 11 is 0. The Bertz CT molecular complexity index is 1600. The first-order valence-corrected chi connectivity index (χ1v) is 10.6. The number of benzene rings is 2. The Labute approximate surface area is 188 Å². The summed E-state index contributed by atoms with van der Waals surface area (Å²) in [5.74, 6) is -0.536. The third kappa shape index (κ3) is 3.59. The van der Waals surface area contributed by atoms with Gasteiger partial charge in [0.25, 0.3) is 0 Å². The molecule has 33 heavy (non-hydrogen) atoms. The van der Waals surface area contributed by atoms with Crippen molar-refractivity contribution < 1.29 is 9.53 Å². The minimum Gasteiger partial charge on any atom is -0.462 e. The second kappa shape index (κ2) is 8.55. The van der Waals surface area contributed by atoms with Gasteiger partial charge in [-0.25, -0.2) is 23.5 Å². The highest BCUT2D eigenvalue weighted by Gasteiger charge is 2.23. The molecule has 7 heteroatoms. The number of rotatable bonds is 4. The molecule has 7 nitrogen and oxygen atoms in total. The topological polar surface area (TPSA) is 78.0 Å². The smallest absolute Gasteiger partial charge is 0.342 e. The second-order valence-electron chi connectivity index (χ2n) is 7.28. The molecule has 0 fully saturated rings. The summed E-state index contributed by atoms with van der Waals surface area (Å²) in [6, 6.07) is 27.5. The molecule has 2 heterocycles. The summed E-state index contributed by atoms with van der Waals surface area (Å²) in [5.41, 5.74) is 2.05. The van der Waals surface area contributed by atoms with Gasteiger partial charge in [-0.3, -0.25) is 0 Å². The average molecular weight is 436 g/mol. The van der Waals surface area contributed by atoms with Crippen LogP contribution in [0.2, 0.25) is 0 Å². The molecule has 0 radical (unpaired) electrons. The van der Waals surface area contributed by atoms with Crippen molar-refractivity contribution in [3.63, 3.8) is 0 Å².